The van der Waals surface area contributed by atoms with Crippen LogP contribution < -0.4 is 4.90 Å². The number of rotatable bonds is 4. The number of carboxylic acid groups (broad SMARTS) is 2. The van der Waals surface area contributed by atoms with Gasteiger partial charge in [0.25, 0.3) is 12.9 Å². The Morgan fingerprint density at radius 1 is 1.25 bits per heavy atom. The number of sulfone groups is 1. The van der Waals surface area contributed by atoms with Gasteiger partial charge in [0.2, 0.25) is 5.91 Å². The molecule has 1 amide bonds. The van der Waals surface area contributed by atoms with E-state index in [-0.39, 0.29) is 36.4 Å². The molecular formula is C20H31N3O8S. The lowest BCUT2D eigenvalue weighted by molar-refractivity contribution is -0.135. The van der Waals surface area contributed by atoms with Gasteiger partial charge in [-0.15, -0.1) is 0 Å². The van der Waals surface area contributed by atoms with Crippen LogP contribution in [0.15, 0.2) is 24.5 Å². The van der Waals surface area contributed by atoms with Gasteiger partial charge in [0, 0.05) is 50.5 Å². The van der Waals surface area contributed by atoms with Crippen molar-refractivity contribution in [2.45, 2.75) is 19.3 Å². The van der Waals surface area contributed by atoms with Crippen molar-refractivity contribution in [1.82, 2.24) is 9.88 Å². The van der Waals surface area contributed by atoms with E-state index in [9.17, 15) is 13.2 Å². The van der Waals surface area contributed by atoms with Crippen LogP contribution in [0.2, 0.25) is 0 Å². The highest BCUT2D eigenvalue weighted by molar-refractivity contribution is 7.90. The Hall–Kier alpha value is -2.73. The highest BCUT2D eigenvalue weighted by Gasteiger charge is 2.40. The molecule has 0 radical (unpaired) electrons. The van der Waals surface area contributed by atoms with Crippen LogP contribution in [-0.2, 0) is 29.0 Å². The van der Waals surface area contributed by atoms with E-state index in [2.05, 4.69) is 9.88 Å². The average molecular weight is 474 g/mol. The van der Waals surface area contributed by atoms with Gasteiger partial charge in [-0.3, -0.25) is 19.4 Å². The third kappa shape index (κ3) is 9.60. The summed E-state index contributed by atoms with van der Waals surface area (Å²) in [6, 6.07) is 3.97. The summed E-state index contributed by atoms with van der Waals surface area (Å²) in [5.74, 6) is -0.167. The maximum Gasteiger partial charge on any atom is 0.290 e. The minimum atomic E-state index is -3.13. The molecule has 2 N–H and O–H groups in total. The number of hydrogen-bond acceptors (Lipinski definition) is 8. The predicted octanol–water partition coefficient (Wildman–Crippen LogP) is 0.363. The number of likely N-dealkylation sites (tertiary alicyclic amines) is 1. The van der Waals surface area contributed by atoms with Gasteiger partial charge in [0.05, 0.1) is 30.9 Å². The molecule has 1 atom stereocenters. The minimum absolute atomic E-state index is 0.0576. The lowest BCUT2D eigenvalue weighted by atomic mass is 9.80. The van der Waals surface area contributed by atoms with Gasteiger partial charge < -0.3 is 24.7 Å². The molecule has 0 bridgehead atoms. The zero-order valence-corrected chi connectivity index (χ0v) is 18.9. The lowest BCUT2D eigenvalue weighted by Gasteiger charge is -2.44. The van der Waals surface area contributed by atoms with Crippen LogP contribution in [-0.4, -0.2) is 98.8 Å². The van der Waals surface area contributed by atoms with Crippen molar-refractivity contribution in [3.8, 4) is 0 Å². The quantitative estimate of drug-likeness (QED) is 0.586. The first-order valence-electron chi connectivity index (χ1n) is 10.0. The third-order valence-electron chi connectivity index (χ3n) is 5.15. The van der Waals surface area contributed by atoms with Crippen molar-refractivity contribution >= 4 is 34.4 Å². The van der Waals surface area contributed by atoms with Gasteiger partial charge in [-0.05, 0) is 25.0 Å². The van der Waals surface area contributed by atoms with Crippen molar-refractivity contribution < 1.29 is 37.8 Å². The van der Waals surface area contributed by atoms with E-state index in [1.807, 2.05) is 23.2 Å². The van der Waals surface area contributed by atoms with Crippen LogP contribution in [0.1, 0.15) is 19.3 Å². The molecule has 2 fully saturated rings. The van der Waals surface area contributed by atoms with Gasteiger partial charge in [-0.2, -0.15) is 0 Å². The molecule has 3 rings (SSSR count). The summed E-state index contributed by atoms with van der Waals surface area (Å²) in [4.78, 5) is 37.5. The summed E-state index contributed by atoms with van der Waals surface area (Å²) in [6.45, 7) is 3.70. The first-order valence-corrected chi connectivity index (χ1v) is 12.1. The van der Waals surface area contributed by atoms with Gasteiger partial charge in [0.15, 0.2) is 0 Å². The van der Waals surface area contributed by atoms with Crippen LogP contribution >= 0.6 is 0 Å². The predicted molar refractivity (Wildman–Crippen MR) is 117 cm³/mol. The molecule has 1 aromatic heterocycles. The molecule has 2 saturated heterocycles. The van der Waals surface area contributed by atoms with Gasteiger partial charge in [-0.1, -0.05) is 0 Å². The van der Waals surface area contributed by atoms with Crippen LogP contribution in [0.5, 0.6) is 0 Å². The number of piperidine rings is 1. The van der Waals surface area contributed by atoms with Crippen molar-refractivity contribution in [3.05, 3.63) is 24.5 Å². The molecule has 1 aromatic rings. The summed E-state index contributed by atoms with van der Waals surface area (Å²) in [5, 5.41) is 13.8. The molecule has 0 aliphatic carbocycles. The smallest absolute Gasteiger partial charge is 0.290 e. The molecule has 0 saturated carbocycles. The number of carbonyl (C=O) groups excluding carboxylic acids is 1. The molecule has 12 heteroatoms. The van der Waals surface area contributed by atoms with Crippen LogP contribution in [0.25, 0.3) is 0 Å². The number of aromatic nitrogens is 1. The van der Waals surface area contributed by atoms with E-state index in [0.717, 1.165) is 31.6 Å². The first kappa shape index (κ1) is 27.3. The molecule has 3 heterocycles. The third-order valence-corrected chi connectivity index (χ3v) is 6.10. The second kappa shape index (κ2) is 13.6. The second-order valence-corrected chi connectivity index (χ2v) is 9.95. The fourth-order valence-corrected chi connectivity index (χ4v) is 4.40. The van der Waals surface area contributed by atoms with Crippen LogP contribution in [0.4, 0.5) is 5.69 Å². The van der Waals surface area contributed by atoms with E-state index >= 15 is 0 Å². The molecule has 2 aliphatic rings. The van der Waals surface area contributed by atoms with E-state index in [4.69, 9.17) is 24.5 Å². The number of pyridine rings is 1. The summed E-state index contributed by atoms with van der Waals surface area (Å²) >= 11 is 0. The summed E-state index contributed by atoms with van der Waals surface area (Å²) in [7, 11) is -3.13. The van der Waals surface area contributed by atoms with Crippen molar-refractivity contribution in [3.63, 3.8) is 0 Å². The number of nitrogens with zero attached hydrogens (tertiary/aromatic N) is 3. The van der Waals surface area contributed by atoms with Crippen LogP contribution in [0, 0.1) is 5.41 Å². The Morgan fingerprint density at radius 2 is 1.94 bits per heavy atom. The molecule has 11 nitrogen and oxygen atoms in total. The zero-order chi connectivity index (χ0) is 24.0. The topological polar surface area (TPSA) is 154 Å². The van der Waals surface area contributed by atoms with E-state index in [0.29, 0.717) is 26.3 Å². The highest BCUT2D eigenvalue weighted by Crippen LogP contribution is 2.34. The van der Waals surface area contributed by atoms with Crippen molar-refractivity contribution in [2.75, 3.05) is 56.3 Å². The Balaban J connectivity index is 0.000000769. The molecule has 180 valence electrons. The number of ether oxygens (including phenoxy) is 1. The van der Waals surface area contributed by atoms with Gasteiger partial charge >= 0.3 is 0 Å². The van der Waals surface area contributed by atoms with Crippen LogP contribution in [0.3, 0.4) is 0 Å². The maximum atomic E-state index is 12.5. The SMILES string of the molecule is CS(=O)(=O)CCC(=O)N1CCCC2(COCCN(c3cccnc3)C2)C1.O=CO.O=CO. The summed E-state index contributed by atoms with van der Waals surface area (Å²) in [6.07, 6.45) is 6.76. The molecule has 1 spiro atoms. The number of anilines is 1. The fraction of sp³-hybridized carbons (Fsp3) is 0.600. The van der Waals surface area contributed by atoms with E-state index in [1.54, 1.807) is 6.20 Å². The molecule has 1 unspecified atom stereocenters. The minimum Gasteiger partial charge on any atom is -0.483 e. The Labute approximate surface area is 187 Å². The summed E-state index contributed by atoms with van der Waals surface area (Å²) in [5.41, 5.74) is 0.948. The standard InChI is InChI=1S/C18H27N3O4S.2CH2O2/c1-26(23,24)11-5-17(22)21-8-3-6-18(14-21)13-20(9-10-25-15-18)16-4-2-7-19-12-16;2*2-1-3/h2,4,7,12H,3,5-6,8-11,13-15H2,1H3;2*1H,(H,2,3). The number of hydrogen-bond donors (Lipinski definition) is 2. The first-order chi connectivity index (χ1) is 15.2. The largest absolute Gasteiger partial charge is 0.483 e. The van der Waals surface area contributed by atoms with E-state index < -0.39 is 9.84 Å². The second-order valence-electron chi connectivity index (χ2n) is 7.69. The maximum absolute atomic E-state index is 12.5. The Morgan fingerprint density at radius 3 is 2.53 bits per heavy atom. The number of carbonyl (C=O) groups is 3. The Kier molecular flexibility index (Phi) is 11.6. The molecule has 2 aliphatic heterocycles. The van der Waals surface area contributed by atoms with Crippen molar-refractivity contribution in [1.29, 1.82) is 0 Å². The molecular weight excluding hydrogens is 442 g/mol. The normalized spacial score (nSPS) is 20.7. The zero-order valence-electron chi connectivity index (χ0n) is 18.1. The lowest BCUT2D eigenvalue weighted by Crippen LogP contribution is -2.52. The summed E-state index contributed by atoms with van der Waals surface area (Å²) < 4.78 is 28.6. The van der Waals surface area contributed by atoms with Crippen molar-refractivity contribution in [2.24, 2.45) is 5.41 Å². The highest BCUT2D eigenvalue weighted by atomic mass is 32.2. The van der Waals surface area contributed by atoms with E-state index in [1.165, 1.54) is 6.26 Å². The molecule has 0 aromatic carbocycles. The van der Waals surface area contributed by atoms with Gasteiger partial charge in [-0.25, -0.2) is 8.42 Å². The monoisotopic (exact) mass is 473 g/mol. The van der Waals surface area contributed by atoms with Gasteiger partial charge in [0.1, 0.15) is 9.84 Å². The number of amides is 1. The molecule has 32 heavy (non-hydrogen) atoms. The Bertz CT molecular complexity index is 815. The fourth-order valence-electron chi connectivity index (χ4n) is 3.85. The average Bonchev–Trinajstić information content (AvgIpc) is 2.96.